The third kappa shape index (κ3) is 2.99. The number of non-ortho nitro benzene ring substituents is 1. The summed E-state index contributed by atoms with van der Waals surface area (Å²) in [6.07, 6.45) is 3.60. The minimum Gasteiger partial charge on any atom is -0.327 e. The van der Waals surface area contributed by atoms with E-state index in [-0.39, 0.29) is 5.69 Å². The van der Waals surface area contributed by atoms with Crippen LogP contribution in [0, 0.1) is 10.1 Å². The molecule has 0 aliphatic rings. The Morgan fingerprint density at radius 1 is 1.09 bits per heavy atom. The lowest BCUT2D eigenvalue weighted by Crippen LogP contribution is -2.01. The lowest BCUT2D eigenvalue weighted by molar-refractivity contribution is -0.384. The van der Waals surface area contributed by atoms with Gasteiger partial charge < -0.3 is 4.57 Å². The van der Waals surface area contributed by atoms with Gasteiger partial charge in [-0.15, -0.1) is 0 Å². The number of nitro benzene ring substituents is 1. The molecule has 0 aliphatic heterocycles. The number of rotatable bonds is 4. The van der Waals surface area contributed by atoms with Crippen LogP contribution in [0.15, 0.2) is 60.9 Å². The van der Waals surface area contributed by atoms with Gasteiger partial charge in [-0.2, -0.15) is 0 Å². The molecular formula is C16H12ClN3O2. The van der Waals surface area contributed by atoms with E-state index in [0.717, 1.165) is 17.0 Å². The molecule has 0 unspecified atom stereocenters. The Labute approximate surface area is 132 Å². The lowest BCUT2D eigenvalue weighted by Gasteiger charge is -2.08. The van der Waals surface area contributed by atoms with Crippen LogP contribution in [0.25, 0.3) is 11.4 Å². The van der Waals surface area contributed by atoms with E-state index in [0.29, 0.717) is 11.6 Å². The SMILES string of the molecule is O=[N+]([O-])c1ccc(-c2nccn2Cc2ccc(Cl)cc2)cc1. The molecule has 5 nitrogen and oxygen atoms in total. The average molecular weight is 314 g/mol. The van der Waals surface area contributed by atoms with E-state index in [1.807, 2.05) is 35.0 Å². The molecule has 0 fully saturated rings. The Hall–Kier alpha value is -2.66. The summed E-state index contributed by atoms with van der Waals surface area (Å²) >= 11 is 5.89. The van der Waals surface area contributed by atoms with Crippen LogP contribution in [0.5, 0.6) is 0 Å². The largest absolute Gasteiger partial charge is 0.327 e. The van der Waals surface area contributed by atoms with E-state index in [9.17, 15) is 10.1 Å². The van der Waals surface area contributed by atoms with E-state index in [4.69, 9.17) is 11.6 Å². The zero-order valence-corrected chi connectivity index (χ0v) is 12.3. The summed E-state index contributed by atoms with van der Waals surface area (Å²) in [5.74, 6) is 0.768. The maximum absolute atomic E-state index is 10.7. The van der Waals surface area contributed by atoms with Crippen molar-refractivity contribution in [3.63, 3.8) is 0 Å². The van der Waals surface area contributed by atoms with Crippen LogP contribution in [0.2, 0.25) is 5.02 Å². The Bertz CT molecular complexity index is 795. The first kappa shape index (κ1) is 14.3. The van der Waals surface area contributed by atoms with Gasteiger partial charge in [-0.25, -0.2) is 4.98 Å². The standard InChI is InChI=1S/C16H12ClN3O2/c17-14-5-1-12(2-6-14)11-19-10-9-18-16(19)13-3-7-15(8-4-13)20(21)22/h1-10H,11H2. The zero-order chi connectivity index (χ0) is 15.5. The number of hydrogen-bond donors (Lipinski definition) is 0. The second-order valence-electron chi connectivity index (χ2n) is 4.81. The number of nitrogens with zero attached hydrogens (tertiary/aromatic N) is 3. The Morgan fingerprint density at radius 2 is 1.77 bits per heavy atom. The number of hydrogen-bond acceptors (Lipinski definition) is 3. The highest BCUT2D eigenvalue weighted by atomic mass is 35.5. The second-order valence-corrected chi connectivity index (χ2v) is 5.25. The molecule has 0 radical (unpaired) electrons. The van der Waals surface area contributed by atoms with Gasteiger partial charge in [-0.05, 0) is 29.8 Å². The lowest BCUT2D eigenvalue weighted by atomic mass is 10.2. The van der Waals surface area contributed by atoms with E-state index < -0.39 is 4.92 Å². The summed E-state index contributed by atoms with van der Waals surface area (Å²) in [6, 6.07) is 14.0. The van der Waals surface area contributed by atoms with Crippen molar-refractivity contribution in [3.8, 4) is 11.4 Å². The molecular weight excluding hydrogens is 302 g/mol. The van der Waals surface area contributed by atoms with Crippen molar-refractivity contribution in [1.29, 1.82) is 0 Å². The van der Waals surface area contributed by atoms with E-state index >= 15 is 0 Å². The molecule has 0 atom stereocenters. The topological polar surface area (TPSA) is 61.0 Å². The molecule has 0 aliphatic carbocycles. The molecule has 3 aromatic rings. The van der Waals surface area contributed by atoms with Crippen LogP contribution in [0.1, 0.15) is 5.56 Å². The van der Waals surface area contributed by atoms with Crippen molar-refractivity contribution in [1.82, 2.24) is 9.55 Å². The van der Waals surface area contributed by atoms with Crippen molar-refractivity contribution >= 4 is 17.3 Å². The first-order valence-corrected chi connectivity index (χ1v) is 7.02. The van der Waals surface area contributed by atoms with Crippen LogP contribution >= 0.6 is 11.6 Å². The first-order valence-electron chi connectivity index (χ1n) is 6.64. The fourth-order valence-corrected chi connectivity index (χ4v) is 2.34. The van der Waals surface area contributed by atoms with E-state index in [1.54, 1.807) is 18.3 Å². The molecule has 6 heteroatoms. The minimum absolute atomic E-state index is 0.0690. The number of halogens is 1. The van der Waals surface area contributed by atoms with Gasteiger partial charge in [-0.1, -0.05) is 23.7 Å². The van der Waals surface area contributed by atoms with Gasteiger partial charge in [0.1, 0.15) is 5.82 Å². The maximum Gasteiger partial charge on any atom is 0.269 e. The summed E-state index contributed by atoms with van der Waals surface area (Å²) in [7, 11) is 0. The fraction of sp³-hybridized carbons (Fsp3) is 0.0625. The predicted octanol–water partition coefficient (Wildman–Crippen LogP) is 4.16. The van der Waals surface area contributed by atoms with Crippen LogP contribution in [0.4, 0.5) is 5.69 Å². The molecule has 2 aromatic carbocycles. The normalized spacial score (nSPS) is 10.6. The molecule has 0 bridgehead atoms. The third-order valence-corrected chi connectivity index (χ3v) is 3.57. The molecule has 22 heavy (non-hydrogen) atoms. The van der Waals surface area contributed by atoms with Crippen LogP contribution in [0.3, 0.4) is 0 Å². The van der Waals surface area contributed by atoms with Crippen LogP contribution < -0.4 is 0 Å². The molecule has 3 rings (SSSR count). The van der Waals surface area contributed by atoms with Gasteiger partial charge in [-0.3, -0.25) is 10.1 Å². The number of aromatic nitrogens is 2. The number of imidazole rings is 1. The number of benzene rings is 2. The third-order valence-electron chi connectivity index (χ3n) is 3.32. The molecule has 0 amide bonds. The van der Waals surface area contributed by atoms with Gasteiger partial charge in [0, 0.05) is 41.7 Å². The molecule has 110 valence electrons. The van der Waals surface area contributed by atoms with E-state index in [1.165, 1.54) is 12.1 Å². The monoisotopic (exact) mass is 313 g/mol. The number of nitro groups is 1. The minimum atomic E-state index is -0.413. The van der Waals surface area contributed by atoms with E-state index in [2.05, 4.69) is 4.98 Å². The Kier molecular flexibility index (Phi) is 3.89. The van der Waals surface area contributed by atoms with Gasteiger partial charge in [0.2, 0.25) is 0 Å². The summed E-state index contributed by atoms with van der Waals surface area (Å²) in [6.45, 7) is 0.656. The maximum atomic E-state index is 10.7. The van der Waals surface area contributed by atoms with Gasteiger partial charge in [0.25, 0.3) is 5.69 Å². The van der Waals surface area contributed by atoms with Crippen LogP contribution in [-0.4, -0.2) is 14.5 Å². The Morgan fingerprint density at radius 3 is 2.41 bits per heavy atom. The second kappa shape index (κ2) is 5.99. The zero-order valence-electron chi connectivity index (χ0n) is 11.5. The first-order chi connectivity index (χ1) is 10.6. The van der Waals surface area contributed by atoms with Crippen molar-refractivity contribution in [2.45, 2.75) is 6.54 Å². The fourth-order valence-electron chi connectivity index (χ4n) is 2.22. The van der Waals surface area contributed by atoms with Crippen molar-refractivity contribution < 1.29 is 4.92 Å². The van der Waals surface area contributed by atoms with Gasteiger partial charge in [0.15, 0.2) is 0 Å². The summed E-state index contributed by atoms with van der Waals surface area (Å²) in [5, 5.41) is 11.4. The van der Waals surface area contributed by atoms with Crippen LogP contribution in [-0.2, 0) is 6.54 Å². The molecule has 0 saturated heterocycles. The smallest absolute Gasteiger partial charge is 0.269 e. The molecule has 0 N–H and O–H groups in total. The summed E-state index contributed by atoms with van der Waals surface area (Å²) in [4.78, 5) is 14.6. The predicted molar refractivity (Wildman–Crippen MR) is 84.9 cm³/mol. The highest BCUT2D eigenvalue weighted by molar-refractivity contribution is 6.30. The van der Waals surface area contributed by atoms with Gasteiger partial charge >= 0.3 is 0 Å². The quantitative estimate of drug-likeness (QED) is 0.536. The van der Waals surface area contributed by atoms with Crippen molar-refractivity contribution in [3.05, 3.63) is 81.6 Å². The summed E-state index contributed by atoms with van der Waals surface area (Å²) in [5.41, 5.74) is 2.01. The Balaban J connectivity index is 1.88. The molecule has 0 spiro atoms. The average Bonchev–Trinajstić information content (AvgIpc) is 2.98. The van der Waals surface area contributed by atoms with Gasteiger partial charge in [0.05, 0.1) is 4.92 Å². The summed E-state index contributed by atoms with van der Waals surface area (Å²) < 4.78 is 1.99. The van der Waals surface area contributed by atoms with Crippen molar-refractivity contribution in [2.24, 2.45) is 0 Å². The highest BCUT2D eigenvalue weighted by Crippen LogP contribution is 2.22. The molecule has 1 heterocycles. The highest BCUT2D eigenvalue weighted by Gasteiger charge is 2.09. The van der Waals surface area contributed by atoms with Crippen molar-refractivity contribution in [2.75, 3.05) is 0 Å². The molecule has 1 aromatic heterocycles. The molecule has 0 saturated carbocycles.